The van der Waals surface area contributed by atoms with Crippen molar-refractivity contribution < 1.29 is 19.2 Å². The summed E-state index contributed by atoms with van der Waals surface area (Å²) in [4.78, 5) is 35.9. The number of ether oxygens (including phenoxy) is 1. The second kappa shape index (κ2) is 7.38. The lowest BCUT2D eigenvalue weighted by Crippen LogP contribution is -2.41. The van der Waals surface area contributed by atoms with Crippen molar-refractivity contribution in [3.8, 4) is 0 Å². The molecule has 1 unspecified atom stereocenters. The fourth-order valence-electron chi connectivity index (χ4n) is 2.55. The lowest BCUT2D eigenvalue weighted by molar-refractivity contribution is -0.383. The van der Waals surface area contributed by atoms with E-state index in [4.69, 9.17) is 16.3 Å². The fraction of sp³-hybridized carbons (Fsp3) is 0.429. The van der Waals surface area contributed by atoms with Crippen LogP contribution in [0.1, 0.15) is 12.8 Å². The number of carbonyl (C=O) groups excluding carboxylic acids is 2. The number of anilines is 1. The molecule has 1 fully saturated rings. The SMILES string of the molecule is COC(=O)C1CCCN1CC(=O)Nc1ccc(Cl)cc1[N+](=O)[O-]. The van der Waals surface area contributed by atoms with Crippen molar-refractivity contribution in [2.75, 3.05) is 25.5 Å². The molecule has 1 aromatic carbocycles. The van der Waals surface area contributed by atoms with Gasteiger partial charge < -0.3 is 10.1 Å². The highest BCUT2D eigenvalue weighted by molar-refractivity contribution is 6.31. The molecule has 0 saturated carbocycles. The van der Waals surface area contributed by atoms with E-state index in [0.717, 1.165) is 6.42 Å². The second-order valence-corrected chi connectivity index (χ2v) is 5.55. The molecule has 1 N–H and O–H groups in total. The van der Waals surface area contributed by atoms with E-state index in [2.05, 4.69) is 5.32 Å². The van der Waals surface area contributed by atoms with Gasteiger partial charge in [0.2, 0.25) is 5.91 Å². The van der Waals surface area contributed by atoms with Gasteiger partial charge in [0, 0.05) is 11.1 Å². The molecule has 23 heavy (non-hydrogen) atoms. The first kappa shape index (κ1) is 17.2. The maximum absolute atomic E-state index is 12.1. The highest BCUT2D eigenvalue weighted by Crippen LogP contribution is 2.28. The molecule has 1 atom stereocenters. The van der Waals surface area contributed by atoms with Crippen molar-refractivity contribution >= 4 is 34.9 Å². The van der Waals surface area contributed by atoms with Gasteiger partial charge in [-0.3, -0.25) is 24.6 Å². The first-order chi connectivity index (χ1) is 10.9. The number of nitro benzene ring substituents is 1. The Hall–Kier alpha value is -2.19. The minimum atomic E-state index is -0.616. The molecular formula is C14H16ClN3O5. The van der Waals surface area contributed by atoms with Gasteiger partial charge in [-0.05, 0) is 31.5 Å². The number of benzene rings is 1. The summed E-state index contributed by atoms with van der Waals surface area (Å²) in [6.07, 6.45) is 1.41. The highest BCUT2D eigenvalue weighted by atomic mass is 35.5. The maximum Gasteiger partial charge on any atom is 0.323 e. The lowest BCUT2D eigenvalue weighted by Gasteiger charge is -2.21. The van der Waals surface area contributed by atoms with Crippen LogP contribution in [0.15, 0.2) is 18.2 Å². The first-order valence-corrected chi connectivity index (χ1v) is 7.36. The van der Waals surface area contributed by atoms with Crippen LogP contribution in [-0.4, -0.2) is 47.9 Å². The Morgan fingerprint density at radius 3 is 2.91 bits per heavy atom. The second-order valence-electron chi connectivity index (χ2n) is 5.12. The Bertz CT molecular complexity index is 637. The molecule has 0 radical (unpaired) electrons. The summed E-state index contributed by atoms with van der Waals surface area (Å²) in [5.41, 5.74) is -0.213. The predicted octanol–water partition coefficient (Wildman–Crippen LogP) is 1.82. The predicted molar refractivity (Wildman–Crippen MR) is 83.3 cm³/mol. The van der Waals surface area contributed by atoms with Gasteiger partial charge >= 0.3 is 5.97 Å². The third-order valence-electron chi connectivity index (χ3n) is 3.61. The van der Waals surface area contributed by atoms with Crippen LogP contribution in [0.3, 0.4) is 0 Å². The molecule has 124 valence electrons. The molecule has 0 bridgehead atoms. The molecule has 0 aromatic heterocycles. The van der Waals surface area contributed by atoms with E-state index in [1.807, 2.05) is 0 Å². The number of hydrogen-bond acceptors (Lipinski definition) is 6. The van der Waals surface area contributed by atoms with Crippen LogP contribution in [-0.2, 0) is 14.3 Å². The monoisotopic (exact) mass is 341 g/mol. The van der Waals surface area contributed by atoms with Gasteiger partial charge in [0.1, 0.15) is 11.7 Å². The quantitative estimate of drug-likeness (QED) is 0.498. The van der Waals surface area contributed by atoms with E-state index in [0.29, 0.717) is 13.0 Å². The maximum atomic E-state index is 12.1. The summed E-state index contributed by atoms with van der Waals surface area (Å²) in [6.45, 7) is 0.551. The normalized spacial score (nSPS) is 17.7. The van der Waals surface area contributed by atoms with Gasteiger partial charge in [-0.15, -0.1) is 0 Å². The number of rotatable bonds is 5. The van der Waals surface area contributed by atoms with Gasteiger partial charge in [-0.2, -0.15) is 0 Å². The zero-order chi connectivity index (χ0) is 17.0. The third-order valence-corrected chi connectivity index (χ3v) is 3.85. The Balaban J connectivity index is 2.05. The van der Waals surface area contributed by atoms with Gasteiger partial charge in [0.25, 0.3) is 5.69 Å². The molecule has 1 heterocycles. The van der Waals surface area contributed by atoms with Crippen LogP contribution >= 0.6 is 11.6 Å². The lowest BCUT2D eigenvalue weighted by atomic mass is 10.2. The number of esters is 1. The van der Waals surface area contributed by atoms with Crippen LogP contribution in [0.4, 0.5) is 11.4 Å². The number of nitrogens with one attached hydrogen (secondary N) is 1. The van der Waals surface area contributed by atoms with Crippen molar-refractivity contribution in [3.05, 3.63) is 33.3 Å². The van der Waals surface area contributed by atoms with E-state index >= 15 is 0 Å². The van der Waals surface area contributed by atoms with Crippen molar-refractivity contribution in [2.45, 2.75) is 18.9 Å². The molecule has 1 aliphatic heterocycles. The van der Waals surface area contributed by atoms with Crippen molar-refractivity contribution in [1.29, 1.82) is 0 Å². The molecule has 1 saturated heterocycles. The van der Waals surface area contributed by atoms with Gasteiger partial charge in [0.05, 0.1) is 18.6 Å². The zero-order valence-corrected chi connectivity index (χ0v) is 13.2. The zero-order valence-electron chi connectivity index (χ0n) is 12.5. The summed E-state index contributed by atoms with van der Waals surface area (Å²) in [5, 5.41) is 13.7. The number of nitro groups is 1. The molecule has 8 nitrogen and oxygen atoms in total. The average Bonchev–Trinajstić information content (AvgIpc) is 2.96. The minimum absolute atomic E-state index is 0.0421. The molecule has 1 amide bonds. The number of methoxy groups -OCH3 is 1. The average molecular weight is 342 g/mol. The smallest absolute Gasteiger partial charge is 0.323 e. The number of carbonyl (C=O) groups is 2. The summed E-state index contributed by atoms with van der Waals surface area (Å²) in [6, 6.07) is 3.55. The minimum Gasteiger partial charge on any atom is -0.468 e. The standard InChI is InChI=1S/C14H16ClN3O5/c1-23-14(20)11-3-2-6-17(11)8-13(19)16-10-5-4-9(15)7-12(10)18(21)22/h4-5,7,11H,2-3,6,8H2,1H3,(H,16,19). The summed E-state index contributed by atoms with van der Waals surface area (Å²) < 4.78 is 4.71. The van der Waals surface area contributed by atoms with Crippen LogP contribution in [0, 0.1) is 10.1 Å². The third kappa shape index (κ3) is 4.17. The number of likely N-dealkylation sites (tertiary alicyclic amines) is 1. The van der Waals surface area contributed by atoms with Gasteiger partial charge in [0.15, 0.2) is 0 Å². The van der Waals surface area contributed by atoms with E-state index in [1.165, 1.54) is 25.3 Å². The number of nitrogens with zero attached hydrogens (tertiary/aromatic N) is 2. The first-order valence-electron chi connectivity index (χ1n) is 6.98. The number of amides is 1. The molecular weight excluding hydrogens is 326 g/mol. The molecule has 9 heteroatoms. The van der Waals surface area contributed by atoms with Crippen molar-refractivity contribution in [3.63, 3.8) is 0 Å². The van der Waals surface area contributed by atoms with Crippen LogP contribution in [0.25, 0.3) is 0 Å². The topological polar surface area (TPSA) is 102 Å². The van der Waals surface area contributed by atoms with E-state index in [1.54, 1.807) is 4.90 Å². The Kier molecular flexibility index (Phi) is 5.51. The largest absolute Gasteiger partial charge is 0.468 e. The summed E-state index contributed by atoms with van der Waals surface area (Å²) >= 11 is 5.73. The Morgan fingerprint density at radius 2 is 2.26 bits per heavy atom. The Labute approximate surface area is 137 Å². The van der Waals surface area contributed by atoms with E-state index in [9.17, 15) is 19.7 Å². The molecule has 1 aromatic rings. The van der Waals surface area contributed by atoms with Crippen molar-refractivity contribution in [1.82, 2.24) is 4.90 Å². The number of hydrogen-bond donors (Lipinski definition) is 1. The van der Waals surface area contributed by atoms with E-state index in [-0.39, 0.29) is 28.9 Å². The summed E-state index contributed by atoms with van der Waals surface area (Å²) in [5.74, 6) is -0.820. The molecule has 2 rings (SSSR count). The van der Waals surface area contributed by atoms with E-state index < -0.39 is 16.9 Å². The van der Waals surface area contributed by atoms with Gasteiger partial charge in [-0.1, -0.05) is 11.6 Å². The summed E-state index contributed by atoms with van der Waals surface area (Å²) in [7, 11) is 1.30. The highest BCUT2D eigenvalue weighted by Gasteiger charge is 2.32. The molecule has 1 aliphatic rings. The fourth-order valence-corrected chi connectivity index (χ4v) is 2.72. The van der Waals surface area contributed by atoms with Gasteiger partial charge in [-0.25, -0.2) is 0 Å². The molecule has 0 spiro atoms. The van der Waals surface area contributed by atoms with Crippen molar-refractivity contribution in [2.24, 2.45) is 0 Å². The van der Waals surface area contributed by atoms with Crippen LogP contribution in [0.5, 0.6) is 0 Å². The van der Waals surface area contributed by atoms with Crippen LogP contribution in [0.2, 0.25) is 5.02 Å². The Morgan fingerprint density at radius 1 is 1.52 bits per heavy atom. The molecule has 0 aliphatic carbocycles. The van der Waals surface area contributed by atoms with Crippen LogP contribution < -0.4 is 5.32 Å². The number of halogens is 1.